The van der Waals surface area contributed by atoms with Gasteiger partial charge in [0, 0.05) is 12.8 Å². The summed E-state index contributed by atoms with van der Waals surface area (Å²) in [5.41, 5.74) is 0. The monoisotopic (exact) mass is 234 g/mol. The highest BCUT2D eigenvalue weighted by Crippen LogP contribution is 2.09. The van der Waals surface area contributed by atoms with Crippen LogP contribution < -0.4 is 0 Å². The van der Waals surface area contributed by atoms with Crippen LogP contribution in [0, 0.1) is 0 Å². The van der Waals surface area contributed by atoms with E-state index >= 15 is 0 Å². The summed E-state index contributed by atoms with van der Waals surface area (Å²) in [6.45, 7) is 0. The molecule has 1 rings (SSSR count). The second-order valence-corrected chi connectivity index (χ2v) is 4.18. The van der Waals surface area contributed by atoms with Crippen molar-refractivity contribution in [1.82, 2.24) is 0 Å². The van der Waals surface area contributed by atoms with Gasteiger partial charge in [-0.25, -0.2) is 0 Å². The molecule has 3 heteroatoms. The van der Waals surface area contributed by atoms with Gasteiger partial charge in [0.15, 0.2) is 5.78 Å². The standard InChI is InChI=1S/C13H14O2S/c14-10-6-5-8-12(15)13-9-4-2-1-3-7-11-16-13/h1-4,7,9-11H,5-6,8H2. The van der Waals surface area contributed by atoms with Crippen molar-refractivity contribution in [3.05, 3.63) is 46.7 Å². The molecule has 0 amide bonds. The number of carbonyl (C=O) groups excluding carboxylic acids is 2. The summed E-state index contributed by atoms with van der Waals surface area (Å²) in [7, 11) is 0. The molecule has 0 radical (unpaired) electrons. The maximum Gasteiger partial charge on any atom is 0.172 e. The molecule has 1 heterocycles. The topological polar surface area (TPSA) is 34.1 Å². The van der Waals surface area contributed by atoms with Crippen molar-refractivity contribution in [2.45, 2.75) is 19.3 Å². The average Bonchev–Trinajstić information content (AvgIpc) is 2.42. The fourth-order valence-electron chi connectivity index (χ4n) is 1.16. The zero-order valence-corrected chi connectivity index (χ0v) is 9.78. The first kappa shape index (κ1) is 12.6. The molecule has 0 spiro atoms. The van der Waals surface area contributed by atoms with E-state index in [1.807, 2.05) is 41.8 Å². The molecule has 1 aromatic heterocycles. The van der Waals surface area contributed by atoms with Crippen molar-refractivity contribution >= 4 is 23.4 Å². The van der Waals surface area contributed by atoms with Crippen LogP contribution in [0.4, 0.5) is 0 Å². The Morgan fingerprint density at radius 2 is 1.94 bits per heavy atom. The summed E-state index contributed by atoms with van der Waals surface area (Å²) in [4.78, 5) is 22.6. The Bertz CT molecular complexity index is 370. The van der Waals surface area contributed by atoms with E-state index in [9.17, 15) is 9.59 Å². The molecule has 84 valence electrons. The predicted molar refractivity (Wildman–Crippen MR) is 66.2 cm³/mol. The van der Waals surface area contributed by atoms with Crippen LogP contribution in [-0.2, 0) is 4.79 Å². The number of carbonyl (C=O) groups is 2. The predicted octanol–water partition coefficient (Wildman–Crippen LogP) is 3.42. The van der Waals surface area contributed by atoms with E-state index < -0.39 is 0 Å². The Morgan fingerprint density at radius 3 is 2.75 bits per heavy atom. The lowest BCUT2D eigenvalue weighted by Crippen LogP contribution is -1.96. The van der Waals surface area contributed by atoms with E-state index in [0.717, 1.165) is 11.2 Å². The van der Waals surface area contributed by atoms with E-state index in [2.05, 4.69) is 0 Å². The largest absolute Gasteiger partial charge is 0.303 e. The Balaban J connectivity index is 2.75. The summed E-state index contributed by atoms with van der Waals surface area (Å²) in [6, 6.07) is 11.3. The van der Waals surface area contributed by atoms with E-state index in [-0.39, 0.29) is 5.78 Å². The summed E-state index contributed by atoms with van der Waals surface area (Å²) in [6.07, 6.45) is 2.37. The lowest BCUT2D eigenvalue weighted by atomic mass is 10.1. The molecular formula is C13H14O2S. The van der Waals surface area contributed by atoms with E-state index in [1.54, 1.807) is 0 Å². The smallest absolute Gasteiger partial charge is 0.172 e. The number of hydrogen-bond acceptors (Lipinski definition) is 3. The Hall–Kier alpha value is -1.48. The number of rotatable bonds is 5. The van der Waals surface area contributed by atoms with Crippen LogP contribution in [0.2, 0.25) is 0 Å². The molecule has 1 aromatic rings. The summed E-state index contributed by atoms with van der Waals surface area (Å²) < 4.78 is 0. The lowest BCUT2D eigenvalue weighted by molar-refractivity contribution is -0.107. The number of unbranched alkanes of at least 4 members (excludes halogenated alkanes) is 1. The lowest BCUT2D eigenvalue weighted by Gasteiger charge is -1.95. The molecule has 0 unspecified atom stereocenters. The molecule has 0 fully saturated rings. The molecule has 0 aromatic carbocycles. The highest BCUT2D eigenvalue weighted by Gasteiger charge is 2.03. The fourth-order valence-corrected chi connectivity index (χ4v) is 1.87. The summed E-state index contributed by atoms with van der Waals surface area (Å²) >= 11 is 1.42. The molecule has 0 saturated carbocycles. The van der Waals surface area contributed by atoms with Gasteiger partial charge in [0.05, 0.1) is 4.88 Å². The highest BCUT2D eigenvalue weighted by molar-refractivity contribution is 7.11. The van der Waals surface area contributed by atoms with Crippen LogP contribution in [0.3, 0.4) is 0 Å². The molecule has 0 bridgehead atoms. The maximum atomic E-state index is 11.8. The van der Waals surface area contributed by atoms with Gasteiger partial charge < -0.3 is 4.79 Å². The van der Waals surface area contributed by atoms with Crippen molar-refractivity contribution < 1.29 is 9.59 Å². The summed E-state index contributed by atoms with van der Waals surface area (Å²) in [5.74, 6) is 0.100. The van der Waals surface area contributed by atoms with E-state index in [4.69, 9.17) is 0 Å². The third kappa shape index (κ3) is 4.84. The molecule has 2 nitrogen and oxygen atoms in total. The average molecular weight is 234 g/mol. The first-order valence-electron chi connectivity index (χ1n) is 5.18. The number of ketones is 1. The van der Waals surface area contributed by atoms with Gasteiger partial charge in [-0.05, 0) is 17.9 Å². The van der Waals surface area contributed by atoms with Crippen molar-refractivity contribution in [1.29, 1.82) is 0 Å². The zero-order valence-electron chi connectivity index (χ0n) is 8.96. The van der Waals surface area contributed by atoms with Crippen LogP contribution >= 0.6 is 11.3 Å². The first-order valence-corrected chi connectivity index (χ1v) is 6.06. The van der Waals surface area contributed by atoms with Crippen molar-refractivity contribution in [3.8, 4) is 0 Å². The molecule has 0 aliphatic carbocycles. The number of aldehydes is 1. The van der Waals surface area contributed by atoms with E-state index in [0.29, 0.717) is 19.3 Å². The molecule has 0 atom stereocenters. The van der Waals surface area contributed by atoms with Crippen LogP contribution in [0.15, 0.2) is 41.8 Å². The second-order valence-electron chi connectivity index (χ2n) is 3.23. The third-order valence-electron chi connectivity index (χ3n) is 1.97. The number of hydrogen-bond donors (Lipinski definition) is 0. The van der Waals surface area contributed by atoms with Gasteiger partial charge in [-0.3, -0.25) is 4.79 Å². The second kappa shape index (κ2) is 7.77. The van der Waals surface area contributed by atoms with Crippen molar-refractivity contribution in [2.75, 3.05) is 0 Å². The van der Waals surface area contributed by atoms with Gasteiger partial charge in [0.2, 0.25) is 0 Å². The normalized spacial score (nSPS) is 9.25. The maximum absolute atomic E-state index is 11.8. The molecule has 0 aliphatic heterocycles. The molecular weight excluding hydrogens is 220 g/mol. The number of Topliss-reactive ketones (excluding diaryl/α,β-unsaturated/α-hetero) is 1. The third-order valence-corrected chi connectivity index (χ3v) is 2.88. The highest BCUT2D eigenvalue weighted by atomic mass is 32.1. The first-order chi connectivity index (χ1) is 7.84. The Morgan fingerprint density at radius 1 is 1.19 bits per heavy atom. The summed E-state index contributed by atoms with van der Waals surface area (Å²) in [5, 5.41) is 1.88. The molecule has 0 aliphatic rings. The molecule has 0 N–H and O–H groups in total. The Labute approximate surface area is 99.3 Å². The van der Waals surface area contributed by atoms with E-state index in [1.165, 1.54) is 11.3 Å². The Kier molecular flexibility index (Phi) is 6.11. The van der Waals surface area contributed by atoms with Gasteiger partial charge in [-0.2, -0.15) is 0 Å². The van der Waals surface area contributed by atoms with Gasteiger partial charge in [-0.15, -0.1) is 11.3 Å². The minimum atomic E-state index is 0.100. The van der Waals surface area contributed by atoms with Gasteiger partial charge in [-0.1, -0.05) is 30.3 Å². The minimum absolute atomic E-state index is 0.100. The van der Waals surface area contributed by atoms with Crippen LogP contribution in [0.5, 0.6) is 0 Å². The van der Waals surface area contributed by atoms with Gasteiger partial charge in [0.25, 0.3) is 0 Å². The van der Waals surface area contributed by atoms with Gasteiger partial charge in [0.1, 0.15) is 6.29 Å². The fraction of sp³-hybridized carbons (Fsp3) is 0.231. The molecule has 16 heavy (non-hydrogen) atoms. The minimum Gasteiger partial charge on any atom is -0.303 e. The van der Waals surface area contributed by atoms with Gasteiger partial charge >= 0.3 is 0 Å². The quantitative estimate of drug-likeness (QED) is 0.444. The van der Waals surface area contributed by atoms with Crippen LogP contribution in [-0.4, -0.2) is 12.1 Å². The SMILES string of the molecule is O=CCCCC(=O)c1cccccccs1. The van der Waals surface area contributed by atoms with Crippen LogP contribution in [0.25, 0.3) is 0 Å². The molecule has 0 saturated heterocycles. The zero-order chi connectivity index (χ0) is 11.6. The van der Waals surface area contributed by atoms with Crippen molar-refractivity contribution in [2.24, 2.45) is 0 Å². The van der Waals surface area contributed by atoms with Crippen LogP contribution in [0.1, 0.15) is 28.9 Å². The van der Waals surface area contributed by atoms with Crippen molar-refractivity contribution in [3.63, 3.8) is 0 Å².